The Labute approximate surface area is 210 Å². The normalized spacial score (nSPS) is 21.1. The summed E-state index contributed by atoms with van der Waals surface area (Å²) in [7, 11) is 3.30. The molecule has 2 aromatic rings. The van der Waals surface area contributed by atoms with Crippen molar-refractivity contribution in [3.63, 3.8) is 0 Å². The minimum absolute atomic E-state index is 0.0436. The van der Waals surface area contributed by atoms with Crippen molar-refractivity contribution in [2.24, 2.45) is 0 Å². The number of carbonyl (C=O) groups is 3. The summed E-state index contributed by atoms with van der Waals surface area (Å²) in [6.45, 7) is 2.71. The maximum Gasteiger partial charge on any atom is 0.323 e. The van der Waals surface area contributed by atoms with E-state index in [0.717, 1.165) is 0 Å². The summed E-state index contributed by atoms with van der Waals surface area (Å²) in [5, 5.41) is 8.31. The van der Waals surface area contributed by atoms with Crippen molar-refractivity contribution in [1.82, 2.24) is 10.2 Å². The standard InChI is InChI=1S/C26H32N4O6/c1-4-27-24(31)14-19-9-10-21-23(36-19)15-35-22-11-8-17(13-20(22)25(32)30(21)2)29-26(33)28-16-6-5-7-18(12-16)34-3/h5-8,11-13,19,21,23H,4,9-10,14-15H2,1-3H3,(H,27,31)(H2,28,29,33)/t19-,21-,23+/m0/s1. The summed E-state index contributed by atoms with van der Waals surface area (Å²) >= 11 is 0. The van der Waals surface area contributed by atoms with Crippen molar-refractivity contribution in [3.8, 4) is 11.5 Å². The molecule has 2 heterocycles. The summed E-state index contributed by atoms with van der Waals surface area (Å²) in [5.74, 6) is 0.777. The summed E-state index contributed by atoms with van der Waals surface area (Å²) in [6, 6.07) is 11.3. The van der Waals surface area contributed by atoms with Crippen LogP contribution in [0.4, 0.5) is 16.2 Å². The average Bonchev–Trinajstić information content (AvgIpc) is 2.86. The average molecular weight is 497 g/mol. The van der Waals surface area contributed by atoms with E-state index in [1.165, 1.54) is 0 Å². The first-order chi connectivity index (χ1) is 17.4. The molecule has 0 saturated carbocycles. The molecule has 3 N–H and O–H groups in total. The molecule has 0 bridgehead atoms. The van der Waals surface area contributed by atoms with Gasteiger partial charge in [0.1, 0.15) is 24.2 Å². The van der Waals surface area contributed by atoms with Gasteiger partial charge in [-0.1, -0.05) is 6.07 Å². The van der Waals surface area contributed by atoms with Crippen molar-refractivity contribution in [3.05, 3.63) is 48.0 Å². The number of rotatable bonds is 6. The van der Waals surface area contributed by atoms with Gasteiger partial charge in [-0.3, -0.25) is 9.59 Å². The Morgan fingerprint density at radius 3 is 2.64 bits per heavy atom. The molecule has 2 aliphatic rings. The SMILES string of the molecule is CCNC(=O)C[C@@H]1CC[C@H]2[C@@H](COc3ccc(NC(=O)Nc4cccc(OC)c4)cc3C(=O)N2C)O1. The molecule has 2 aromatic carbocycles. The van der Waals surface area contributed by atoms with Crippen LogP contribution >= 0.6 is 0 Å². The van der Waals surface area contributed by atoms with E-state index in [0.29, 0.717) is 47.8 Å². The van der Waals surface area contributed by atoms with Gasteiger partial charge < -0.3 is 35.1 Å². The fourth-order valence-electron chi connectivity index (χ4n) is 4.58. The molecule has 0 aliphatic carbocycles. The molecule has 3 atom stereocenters. The van der Waals surface area contributed by atoms with Crippen LogP contribution in [0.1, 0.15) is 36.5 Å². The van der Waals surface area contributed by atoms with Crippen molar-refractivity contribution in [1.29, 1.82) is 0 Å². The van der Waals surface area contributed by atoms with Crippen LogP contribution in [0.3, 0.4) is 0 Å². The molecular formula is C26H32N4O6. The molecule has 4 amide bonds. The van der Waals surface area contributed by atoms with Crippen molar-refractivity contribution < 1.29 is 28.6 Å². The summed E-state index contributed by atoms with van der Waals surface area (Å²) in [6.07, 6.45) is 1.12. The fraction of sp³-hybridized carbons (Fsp3) is 0.423. The minimum Gasteiger partial charge on any atom is -0.497 e. The number of urea groups is 1. The van der Waals surface area contributed by atoms with E-state index in [9.17, 15) is 14.4 Å². The number of nitrogens with one attached hydrogen (secondary N) is 3. The molecule has 10 heteroatoms. The van der Waals surface area contributed by atoms with Crippen LogP contribution < -0.4 is 25.4 Å². The van der Waals surface area contributed by atoms with Crippen LogP contribution in [-0.4, -0.2) is 68.3 Å². The number of likely N-dealkylation sites (N-methyl/N-ethyl adjacent to an activating group) is 1. The number of methoxy groups -OCH3 is 1. The molecule has 1 fully saturated rings. The largest absolute Gasteiger partial charge is 0.497 e. The van der Waals surface area contributed by atoms with Gasteiger partial charge >= 0.3 is 6.03 Å². The monoisotopic (exact) mass is 496 g/mol. The molecule has 10 nitrogen and oxygen atoms in total. The molecule has 4 rings (SSSR count). The summed E-state index contributed by atoms with van der Waals surface area (Å²) in [5.41, 5.74) is 1.39. The van der Waals surface area contributed by atoms with Crippen LogP contribution in [0, 0.1) is 0 Å². The Balaban J connectivity index is 1.44. The highest BCUT2D eigenvalue weighted by molar-refractivity contribution is 6.02. The number of ether oxygens (including phenoxy) is 3. The quantitative estimate of drug-likeness (QED) is 0.565. The van der Waals surface area contributed by atoms with Crippen LogP contribution in [0.15, 0.2) is 42.5 Å². The zero-order valence-electron chi connectivity index (χ0n) is 20.7. The van der Waals surface area contributed by atoms with E-state index < -0.39 is 6.03 Å². The molecule has 0 unspecified atom stereocenters. The highest BCUT2D eigenvalue weighted by Crippen LogP contribution is 2.32. The molecule has 2 aliphatic heterocycles. The van der Waals surface area contributed by atoms with Crippen LogP contribution in [-0.2, 0) is 9.53 Å². The highest BCUT2D eigenvalue weighted by atomic mass is 16.5. The van der Waals surface area contributed by atoms with E-state index in [1.54, 1.807) is 61.5 Å². The number of hydrogen-bond donors (Lipinski definition) is 3. The molecule has 0 aromatic heterocycles. The first kappa shape index (κ1) is 25.3. The first-order valence-electron chi connectivity index (χ1n) is 12.1. The Bertz CT molecular complexity index is 1120. The number of nitrogens with zero attached hydrogens (tertiary/aromatic N) is 1. The predicted octanol–water partition coefficient (Wildman–Crippen LogP) is 3.25. The smallest absolute Gasteiger partial charge is 0.323 e. The molecule has 36 heavy (non-hydrogen) atoms. The Morgan fingerprint density at radius 1 is 1.11 bits per heavy atom. The Kier molecular flexibility index (Phi) is 7.94. The van der Waals surface area contributed by atoms with E-state index in [4.69, 9.17) is 14.2 Å². The number of anilines is 2. The second kappa shape index (κ2) is 11.3. The van der Waals surface area contributed by atoms with Gasteiger partial charge in [-0.25, -0.2) is 4.79 Å². The number of amides is 4. The lowest BCUT2D eigenvalue weighted by molar-refractivity contribution is -0.133. The summed E-state index contributed by atoms with van der Waals surface area (Å²) < 4.78 is 17.3. The van der Waals surface area contributed by atoms with Gasteiger partial charge in [0.15, 0.2) is 0 Å². The molecule has 192 valence electrons. The maximum atomic E-state index is 13.4. The van der Waals surface area contributed by atoms with Gasteiger partial charge in [0, 0.05) is 31.0 Å². The summed E-state index contributed by atoms with van der Waals surface area (Å²) in [4.78, 5) is 39.6. The number of fused-ring (bicyclic) bond motifs is 2. The third-order valence-corrected chi connectivity index (χ3v) is 6.38. The maximum absolute atomic E-state index is 13.4. The van der Waals surface area contributed by atoms with Gasteiger partial charge in [0.2, 0.25) is 5.91 Å². The van der Waals surface area contributed by atoms with Crippen molar-refractivity contribution in [2.45, 2.75) is 44.4 Å². The van der Waals surface area contributed by atoms with E-state index in [-0.39, 0.29) is 43.1 Å². The van der Waals surface area contributed by atoms with Gasteiger partial charge in [0.05, 0.1) is 31.2 Å². The van der Waals surface area contributed by atoms with Gasteiger partial charge in [-0.05, 0) is 50.1 Å². The fourth-order valence-corrected chi connectivity index (χ4v) is 4.58. The van der Waals surface area contributed by atoms with Gasteiger partial charge in [-0.15, -0.1) is 0 Å². The second-order valence-electron chi connectivity index (χ2n) is 8.85. The third kappa shape index (κ3) is 5.88. The lowest BCUT2D eigenvalue weighted by Gasteiger charge is -2.42. The van der Waals surface area contributed by atoms with Crippen molar-refractivity contribution >= 4 is 29.2 Å². The van der Waals surface area contributed by atoms with E-state index in [2.05, 4.69) is 16.0 Å². The number of benzene rings is 2. The second-order valence-corrected chi connectivity index (χ2v) is 8.85. The Hall–Kier alpha value is -3.79. The van der Waals surface area contributed by atoms with Gasteiger partial charge in [-0.2, -0.15) is 0 Å². The number of carbonyl (C=O) groups excluding carboxylic acids is 3. The first-order valence-corrected chi connectivity index (χ1v) is 12.1. The molecule has 1 saturated heterocycles. The van der Waals surface area contributed by atoms with Crippen LogP contribution in [0.25, 0.3) is 0 Å². The lowest BCUT2D eigenvalue weighted by Crippen LogP contribution is -2.54. The highest BCUT2D eigenvalue weighted by Gasteiger charge is 2.39. The zero-order valence-corrected chi connectivity index (χ0v) is 20.7. The van der Waals surface area contributed by atoms with Crippen LogP contribution in [0.2, 0.25) is 0 Å². The molecule has 0 spiro atoms. The number of hydrogen-bond acceptors (Lipinski definition) is 6. The van der Waals surface area contributed by atoms with Crippen LogP contribution in [0.5, 0.6) is 11.5 Å². The third-order valence-electron chi connectivity index (χ3n) is 6.38. The lowest BCUT2D eigenvalue weighted by atomic mass is 9.94. The van der Waals surface area contributed by atoms with Crippen molar-refractivity contribution in [2.75, 3.05) is 37.9 Å². The molecule has 0 radical (unpaired) electrons. The molecular weight excluding hydrogens is 464 g/mol. The topological polar surface area (TPSA) is 118 Å². The Morgan fingerprint density at radius 2 is 1.89 bits per heavy atom. The van der Waals surface area contributed by atoms with E-state index >= 15 is 0 Å². The predicted molar refractivity (Wildman–Crippen MR) is 135 cm³/mol. The minimum atomic E-state index is -0.449. The van der Waals surface area contributed by atoms with E-state index in [1.807, 2.05) is 6.92 Å². The van der Waals surface area contributed by atoms with Gasteiger partial charge in [0.25, 0.3) is 5.91 Å². The zero-order chi connectivity index (χ0) is 25.7.